The molecule has 3 amide bonds. The molecule has 2 aliphatic heterocycles. The molecule has 0 unspecified atom stereocenters. The number of nitrogens with zero attached hydrogens (tertiary/aromatic N) is 2. The molecule has 2 aromatic rings. The SMILES string of the molecule is Cc1c(O)cccc1C(=O)N[C@@H](Cc1ccccc1)[C@H](O)C(=O)N1CSC(C)(C)[C@H]1C(=O)N1CCCCC1. The topological polar surface area (TPSA) is 110 Å². The summed E-state index contributed by atoms with van der Waals surface area (Å²) in [5.74, 6) is -0.885. The number of thioether (sulfide) groups is 1. The average Bonchev–Trinajstić information content (AvgIpc) is 3.24. The average molecular weight is 540 g/mol. The second-order valence-electron chi connectivity index (χ2n) is 10.6. The molecule has 38 heavy (non-hydrogen) atoms. The van der Waals surface area contributed by atoms with Gasteiger partial charge in [-0.1, -0.05) is 36.4 Å². The minimum atomic E-state index is -1.57. The first kappa shape index (κ1) is 28.0. The number of benzene rings is 2. The van der Waals surface area contributed by atoms with Crippen LogP contribution in [-0.2, 0) is 16.0 Å². The van der Waals surface area contributed by atoms with Crippen molar-refractivity contribution in [3.63, 3.8) is 0 Å². The van der Waals surface area contributed by atoms with Gasteiger partial charge in [0.2, 0.25) is 5.91 Å². The van der Waals surface area contributed by atoms with E-state index < -0.39 is 34.7 Å². The smallest absolute Gasteiger partial charge is 0.254 e. The zero-order valence-corrected chi connectivity index (χ0v) is 23.0. The van der Waals surface area contributed by atoms with Crippen LogP contribution in [0.2, 0.25) is 0 Å². The summed E-state index contributed by atoms with van der Waals surface area (Å²) in [6, 6.07) is 12.3. The zero-order chi connectivity index (χ0) is 27.4. The van der Waals surface area contributed by atoms with E-state index in [-0.39, 0.29) is 29.5 Å². The van der Waals surface area contributed by atoms with Gasteiger partial charge in [0.1, 0.15) is 11.8 Å². The van der Waals surface area contributed by atoms with E-state index in [1.807, 2.05) is 49.1 Å². The van der Waals surface area contributed by atoms with Crippen molar-refractivity contribution in [2.45, 2.75) is 69.4 Å². The molecule has 0 aliphatic carbocycles. The molecule has 2 fully saturated rings. The molecule has 0 radical (unpaired) electrons. The molecule has 4 rings (SSSR count). The number of phenols is 1. The van der Waals surface area contributed by atoms with Gasteiger partial charge < -0.3 is 25.3 Å². The number of carbonyl (C=O) groups excluding carboxylic acids is 3. The maximum atomic E-state index is 13.8. The predicted octanol–water partition coefficient (Wildman–Crippen LogP) is 3.10. The number of rotatable bonds is 7. The van der Waals surface area contributed by atoms with Crippen LogP contribution < -0.4 is 5.32 Å². The van der Waals surface area contributed by atoms with Crippen molar-refractivity contribution in [2.24, 2.45) is 0 Å². The van der Waals surface area contributed by atoms with E-state index in [0.29, 0.717) is 18.7 Å². The Morgan fingerprint density at radius 3 is 2.42 bits per heavy atom. The first-order valence-corrected chi connectivity index (χ1v) is 14.1. The molecular formula is C29H37N3O5S. The second kappa shape index (κ2) is 11.8. The normalized spacial score (nSPS) is 20.6. The van der Waals surface area contributed by atoms with E-state index in [2.05, 4.69) is 5.32 Å². The molecule has 204 valence electrons. The maximum Gasteiger partial charge on any atom is 0.254 e. The lowest BCUT2D eigenvalue weighted by Crippen LogP contribution is -2.59. The number of piperidine rings is 1. The summed E-state index contributed by atoms with van der Waals surface area (Å²) in [6.07, 6.45) is 1.63. The van der Waals surface area contributed by atoms with E-state index in [0.717, 1.165) is 24.8 Å². The summed E-state index contributed by atoms with van der Waals surface area (Å²) in [7, 11) is 0. The van der Waals surface area contributed by atoms with Crippen LogP contribution in [0, 0.1) is 6.92 Å². The number of aliphatic hydroxyl groups is 1. The fourth-order valence-corrected chi connectivity index (χ4v) is 6.37. The van der Waals surface area contributed by atoms with Gasteiger partial charge in [0.25, 0.3) is 11.8 Å². The molecule has 2 heterocycles. The Balaban J connectivity index is 1.59. The molecule has 0 saturated carbocycles. The standard InChI is InChI=1S/C29H37N3O5S/c1-19-21(13-10-14-23(19)33)26(35)30-22(17-20-11-6-4-7-12-20)24(34)27(36)32-18-38-29(2,3)25(32)28(37)31-15-8-5-9-16-31/h4,6-7,10-14,22,24-25,33-34H,5,8-9,15-18H2,1-3H3,(H,30,35)/t22-,24-,25+/m0/s1. The summed E-state index contributed by atoms with van der Waals surface area (Å²) < 4.78 is -0.513. The van der Waals surface area contributed by atoms with Crippen molar-refractivity contribution in [3.05, 3.63) is 65.2 Å². The molecule has 0 bridgehead atoms. The summed E-state index contributed by atoms with van der Waals surface area (Å²) in [5.41, 5.74) is 1.52. The van der Waals surface area contributed by atoms with Crippen molar-refractivity contribution in [3.8, 4) is 5.75 Å². The van der Waals surface area contributed by atoms with Gasteiger partial charge in [-0.2, -0.15) is 0 Å². The van der Waals surface area contributed by atoms with Crippen molar-refractivity contribution < 1.29 is 24.6 Å². The Kier molecular flexibility index (Phi) is 8.67. The summed E-state index contributed by atoms with van der Waals surface area (Å²) in [5, 5.41) is 24.3. The third-order valence-corrected chi connectivity index (χ3v) is 8.90. The lowest BCUT2D eigenvalue weighted by molar-refractivity contribution is -0.151. The number of phenolic OH excluding ortho intramolecular Hbond substituents is 1. The van der Waals surface area contributed by atoms with Crippen molar-refractivity contribution in [1.29, 1.82) is 0 Å². The number of amides is 3. The highest BCUT2D eigenvalue weighted by atomic mass is 32.2. The molecule has 2 saturated heterocycles. The Morgan fingerprint density at radius 1 is 1.05 bits per heavy atom. The van der Waals surface area contributed by atoms with Gasteiger partial charge in [-0.3, -0.25) is 14.4 Å². The molecule has 0 spiro atoms. The van der Waals surface area contributed by atoms with Crippen LogP contribution in [0.4, 0.5) is 0 Å². The molecule has 0 aromatic heterocycles. The Bertz CT molecular complexity index is 1170. The van der Waals surface area contributed by atoms with Gasteiger partial charge in [0, 0.05) is 29.0 Å². The molecule has 9 heteroatoms. The fraction of sp³-hybridized carbons (Fsp3) is 0.483. The number of hydrogen-bond donors (Lipinski definition) is 3. The van der Waals surface area contributed by atoms with Crippen LogP contribution in [0.1, 0.15) is 54.6 Å². The van der Waals surface area contributed by atoms with Gasteiger partial charge in [-0.25, -0.2) is 0 Å². The Morgan fingerprint density at radius 2 is 1.74 bits per heavy atom. The third-order valence-electron chi connectivity index (χ3n) is 7.53. The number of aromatic hydroxyl groups is 1. The highest BCUT2D eigenvalue weighted by Crippen LogP contribution is 2.41. The van der Waals surface area contributed by atoms with Crippen LogP contribution >= 0.6 is 11.8 Å². The van der Waals surface area contributed by atoms with Crippen LogP contribution in [-0.4, -0.2) is 79.6 Å². The molecular weight excluding hydrogens is 502 g/mol. The molecule has 8 nitrogen and oxygen atoms in total. The number of aliphatic hydroxyl groups excluding tert-OH is 1. The van der Waals surface area contributed by atoms with Gasteiger partial charge in [-0.05, 0) is 64.2 Å². The first-order valence-electron chi connectivity index (χ1n) is 13.1. The number of hydrogen-bond acceptors (Lipinski definition) is 6. The highest BCUT2D eigenvalue weighted by Gasteiger charge is 2.51. The molecule has 3 atom stereocenters. The summed E-state index contributed by atoms with van der Waals surface area (Å²) in [4.78, 5) is 43.9. The third kappa shape index (κ3) is 5.99. The highest BCUT2D eigenvalue weighted by molar-refractivity contribution is 8.00. The van der Waals surface area contributed by atoms with Crippen LogP contribution in [0.5, 0.6) is 5.75 Å². The number of likely N-dealkylation sites (tertiary alicyclic amines) is 1. The van der Waals surface area contributed by atoms with E-state index in [9.17, 15) is 24.6 Å². The Hall–Kier alpha value is -3.04. The van der Waals surface area contributed by atoms with E-state index >= 15 is 0 Å². The Labute approximate surface area is 228 Å². The lowest BCUT2D eigenvalue weighted by Gasteiger charge is -2.37. The molecule has 2 aliphatic rings. The van der Waals surface area contributed by atoms with E-state index in [4.69, 9.17) is 0 Å². The van der Waals surface area contributed by atoms with Crippen molar-refractivity contribution in [1.82, 2.24) is 15.1 Å². The van der Waals surface area contributed by atoms with Crippen LogP contribution in [0.25, 0.3) is 0 Å². The van der Waals surface area contributed by atoms with Crippen molar-refractivity contribution >= 4 is 29.5 Å². The molecule has 2 aromatic carbocycles. The quantitative estimate of drug-likeness (QED) is 0.499. The van der Waals surface area contributed by atoms with Gasteiger partial charge in [0.05, 0.1) is 11.9 Å². The molecule has 3 N–H and O–H groups in total. The number of carbonyl (C=O) groups is 3. The van der Waals surface area contributed by atoms with Crippen LogP contribution in [0.3, 0.4) is 0 Å². The number of nitrogens with one attached hydrogen (secondary N) is 1. The monoisotopic (exact) mass is 539 g/mol. The lowest BCUT2D eigenvalue weighted by atomic mass is 9.96. The minimum absolute atomic E-state index is 0.00993. The zero-order valence-electron chi connectivity index (χ0n) is 22.2. The van der Waals surface area contributed by atoms with E-state index in [1.54, 1.807) is 19.1 Å². The second-order valence-corrected chi connectivity index (χ2v) is 12.2. The summed E-state index contributed by atoms with van der Waals surface area (Å²) >= 11 is 1.52. The predicted molar refractivity (Wildman–Crippen MR) is 148 cm³/mol. The maximum absolute atomic E-state index is 13.8. The van der Waals surface area contributed by atoms with Crippen LogP contribution in [0.15, 0.2) is 48.5 Å². The van der Waals surface area contributed by atoms with Gasteiger partial charge in [0.15, 0.2) is 6.10 Å². The van der Waals surface area contributed by atoms with E-state index in [1.165, 1.54) is 22.7 Å². The first-order chi connectivity index (χ1) is 18.1. The largest absolute Gasteiger partial charge is 0.508 e. The van der Waals surface area contributed by atoms with Gasteiger partial charge >= 0.3 is 0 Å². The fourth-order valence-electron chi connectivity index (χ4n) is 5.24. The van der Waals surface area contributed by atoms with Gasteiger partial charge in [-0.15, -0.1) is 11.8 Å². The minimum Gasteiger partial charge on any atom is -0.508 e. The van der Waals surface area contributed by atoms with Crippen molar-refractivity contribution in [2.75, 3.05) is 19.0 Å². The summed E-state index contributed by atoms with van der Waals surface area (Å²) in [6.45, 7) is 6.90.